The van der Waals surface area contributed by atoms with E-state index in [2.05, 4.69) is 20.6 Å². The molecule has 1 unspecified atom stereocenters. The highest BCUT2D eigenvalue weighted by atomic mass is 16.5. The maximum Gasteiger partial charge on any atom is 0.328 e. The molecule has 3 rings (SSSR count). The van der Waals surface area contributed by atoms with Crippen molar-refractivity contribution < 1.29 is 18.7 Å². The van der Waals surface area contributed by atoms with E-state index in [1.165, 1.54) is 7.11 Å². The van der Waals surface area contributed by atoms with Crippen LogP contribution in [-0.4, -0.2) is 35.1 Å². The first-order chi connectivity index (χ1) is 13.5. The molecule has 1 aromatic carbocycles. The van der Waals surface area contributed by atoms with Crippen molar-refractivity contribution in [2.45, 2.75) is 26.3 Å². The lowest BCUT2D eigenvalue weighted by molar-refractivity contribution is -0.143. The molecule has 0 aliphatic heterocycles. The third kappa shape index (κ3) is 4.64. The highest BCUT2D eigenvalue weighted by Crippen LogP contribution is 2.25. The van der Waals surface area contributed by atoms with Gasteiger partial charge in [0.2, 0.25) is 5.89 Å². The zero-order chi connectivity index (χ0) is 20.1. The summed E-state index contributed by atoms with van der Waals surface area (Å²) < 4.78 is 10.5. The van der Waals surface area contributed by atoms with Crippen LogP contribution in [0.2, 0.25) is 0 Å². The van der Waals surface area contributed by atoms with E-state index in [0.29, 0.717) is 29.1 Å². The fourth-order valence-corrected chi connectivity index (χ4v) is 2.77. The van der Waals surface area contributed by atoms with Gasteiger partial charge in [-0.05, 0) is 42.7 Å². The number of ether oxygens (including phenoxy) is 1. The molecule has 2 amide bonds. The van der Waals surface area contributed by atoms with Gasteiger partial charge in [-0.15, -0.1) is 0 Å². The van der Waals surface area contributed by atoms with Gasteiger partial charge < -0.3 is 19.8 Å². The lowest BCUT2D eigenvalue weighted by Crippen LogP contribution is -2.44. The first kappa shape index (κ1) is 19.3. The van der Waals surface area contributed by atoms with Crippen molar-refractivity contribution in [3.05, 3.63) is 42.7 Å². The number of pyridine rings is 1. The molecule has 0 fully saturated rings. The van der Waals surface area contributed by atoms with E-state index in [4.69, 9.17) is 9.15 Å². The number of benzene rings is 1. The maximum absolute atomic E-state index is 12.3. The van der Waals surface area contributed by atoms with E-state index in [-0.39, 0.29) is 5.92 Å². The van der Waals surface area contributed by atoms with Crippen LogP contribution in [0.1, 0.15) is 20.3 Å². The van der Waals surface area contributed by atoms with Crippen molar-refractivity contribution in [3.8, 4) is 11.5 Å². The third-order valence-corrected chi connectivity index (χ3v) is 4.05. The van der Waals surface area contributed by atoms with Crippen LogP contribution < -0.4 is 10.6 Å². The molecule has 0 aliphatic rings. The number of nitrogens with zero attached hydrogens (tertiary/aromatic N) is 2. The largest absolute Gasteiger partial charge is 0.467 e. The molecular weight excluding hydrogens is 360 g/mol. The summed E-state index contributed by atoms with van der Waals surface area (Å²) in [4.78, 5) is 32.7. The van der Waals surface area contributed by atoms with Crippen LogP contribution in [0, 0.1) is 5.92 Å². The number of oxazole rings is 1. The minimum absolute atomic E-state index is 0.224. The number of aromatic nitrogens is 2. The molecule has 0 radical (unpaired) electrons. The lowest BCUT2D eigenvalue weighted by Gasteiger charge is -2.18. The molecule has 2 aromatic heterocycles. The minimum Gasteiger partial charge on any atom is -0.467 e. The number of urea groups is 1. The summed E-state index contributed by atoms with van der Waals surface area (Å²) >= 11 is 0. The fourth-order valence-electron chi connectivity index (χ4n) is 2.77. The van der Waals surface area contributed by atoms with Gasteiger partial charge in [0, 0.05) is 18.1 Å². The van der Waals surface area contributed by atoms with Crippen LogP contribution in [0.4, 0.5) is 10.5 Å². The van der Waals surface area contributed by atoms with Gasteiger partial charge in [-0.3, -0.25) is 4.98 Å². The molecule has 0 saturated carbocycles. The van der Waals surface area contributed by atoms with Crippen LogP contribution in [0.5, 0.6) is 0 Å². The quantitative estimate of drug-likeness (QED) is 0.631. The Morgan fingerprint density at radius 1 is 1.25 bits per heavy atom. The van der Waals surface area contributed by atoms with Gasteiger partial charge >= 0.3 is 12.0 Å². The second-order valence-electron chi connectivity index (χ2n) is 6.75. The van der Waals surface area contributed by atoms with Gasteiger partial charge in [0.1, 0.15) is 11.6 Å². The zero-order valence-electron chi connectivity index (χ0n) is 15.9. The predicted molar refractivity (Wildman–Crippen MR) is 105 cm³/mol. The summed E-state index contributed by atoms with van der Waals surface area (Å²) in [6, 6.07) is 7.58. The number of hydrogen-bond acceptors (Lipinski definition) is 6. The Balaban J connectivity index is 1.73. The van der Waals surface area contributed by atoms with Gasteiger partial charge in [0.25, 0.3) is 0 Å². The number of carbonyl (C=O) groups excluding carboxylic acids is 2. The van der Waals surface area contributed by atoms with Crippen molar-refractivity contribution in [1.82, 2.24) is 15.3 Å². The van der Waals surface area contributed by atoms with Crippen LogP contribution in [0.25, 0.3) is 22.6 Å². The number of nitrogens with one attached hydrogen (secondary N) is 2. The monoisotopic (exact) mass is 382 g/mol. The number of esters is 1. The van der Waals surface area contributed by atoms with Crippen molar-refractivity contribution in [2.75, 3.05) is 12.4 Å². The summed E-state index contributed by atoms with van der Waals surface area (Å²) in [6.45, 7) is 3.93. The number of rotatable bonds is 6. The van der Waals surface area contributed by atoms with Crippen LogP contribution >= 0.6 is 0 Å². The molecule has 2 N–H and O–H groups in total. The number of fused-ring (bicyclic) bond motifs is 1. The van der Waals surface area contributed by atoms with E-state index in [1.54, 1.807) is 36.7 Å². The maximum atomic E-state index is 12.3. The molecule has 0 bridgehead atoms. The molecule has 146 valence electrons. The number of methoxy groups -OCH3 is 1. The van der Waals surface area contributed by atoms with Crippen molar-refractivity contribution in [3.63, 3.8) is 0 Å². The molecule has 3 aromatic rings. The second-order valence-corrected chi connectivity index (χ2v) is 6.75. The Hall–Kier alpha value is -3.42. The second kappa shape index (κ2) is 8.51. The predicted octanol–water partition coefficient (Wildman–Crippen LogP) is 3.60. The molecule has 0 saturated heterocycles. The molecule has 0 spiro atoms. The normalized spacial score (nSPS) is 12.0. The van der Waals surface area contributed by atoms with E-state index in [1.807, 2.05) is 19.9 Å². The molecule has 1 atom stereocenters. The average molecular weight is 382 g/mol. The van der Waals surface area contributed by atoms with E-state index in [9.17, 15) is 9.59 Å². The van der Waals surface area contributed by atoms with Crippen LogP contribution in [0.15, 0.2) is 47.1 Å². The Bertz CT molecular complexity index is 969. The van der Waals surface area contributed by atoms with Crippen LogP contribution in [-0.2, 0) is 9.53 Å². The smallest absolute Gasteiger partial charge is 0.328 e. The Morgan fingerprint density at radius 3 is 2.75 bits per heavy atom. The Labute approximate surface area is 162 Å². The number of anilines is 1. The molecule has 8 nitrogen and oxygen atoms in total. The first-order valence-corrected chi connectivity index (χ1v) is 8.92. The number of carbonyl (C=O) groups is 2. The zero-order valence-corrected chi connectivity index (χ0v) is 15.9. The summed E-state index contributed by atoms with van der Waals surface area (Å²) in [7, 11) is 1.30. The highest BCUT2D eigenvalue weighted by molar-refractivity contribution is 5.94. The van der Waals surface area contributed by atoms with Crippen molar-refractivity contribution >= 4 is 28.8 Å². The van der Waals surface area contributed by atoms with Crippen molar-refractivity contribution in [1.29, 1.82) is 0 Å². The van der Waals surface area contributed by atoms with Gasteiger partial charge in [-0.25, -0.2) is 14.6 Å². The number of hydrogen-bond donors (Lipinski definition) is 2. The highest BCUT2D eigenvalue weighted by Gasteiger charge is 2.22. The van der Waals surface area contributed by atoms with Gasteiger partial charge in [-0.2, -0.15) is 0 Å². The fraction of sp³-hybridized carbons (Fsp3) is 0.300. The van der Waals surface area contributed by atoms with Crippen LogP contribution in [0.3, 0.4) is 0 Å². The Morgan fingerprint density at radius 2 is 2.07 bits per heavy atom. The van der Waals surface area contributed by atoms with E-state index >= 15 is 0 Å². The van der Waals surface area contributed by atoms with E-state index < -0.39 is 18.0 Å². The Kier molecular flexibility index (Phi) is 5.88. The SMILES string of the molecule is COC(=O)C(CC(C)C)NC(=O)Nc1ccc2oc(-c3cccnc3)nc2c1. The van der Waals surface area contributed by atoms with Gasteiger partial charge in [0.05, 0.1) is 12.7 Å². The molecule has 28 heavy (non-hydrogen) atoms. The molecule has 0 aliphatic carbocycles. The molecule has 8 heteroatoms. The minimum atomic E-state index is -0.710. The number of amides is 2. The van der Waals surface area contributed by atoms with Crippen molar-refractivity contribution in [2.24, 2.45) is 5.92 Å². The first-order valence-electron chi connectivity index (χ1n) is 8.92. The molecule has 2 heterocycles. The molecular formula is C20H22N4O4. The topological polar surface area (TPSA) is 106 Å². The van der Waals surface area contributed by atoms with Gasteiger partial charge in [-0.1, -0.05) is 13.8 Å². The van der Waals surface area contributed by atoms with Gasteiger partial charge in [0.15, 0.2) is 5.58 Å². The summed E-state index contributed by atoms with van der Waals surface area (Å²) in [6.07, 6.45) is 3.82. The summed E-state index contributed by atoms with van der Waals surface area (Å²) in [5, 5.41) is 5.36. The van der Waals surface area contributed by atoms with E-state index in [0.717, 1.165) is 5.56 Å². The lowest BCUT2D eigenvalue weighted by atomic mass is 10.0. The average Bonchev–Trinajstić information content (AvgIpc) is 3.10. The standard InChI is InChI=1S/C20H22N4O4/c1-12(2)9-16(19(25)27-3)24-20(26)22-14-6-7-17-15(10-14)23-18(28-17)13-5-4-8-21-11-13/h4-8,10-12,16H,9H2,1-3H3,(H2,22,24,26). The summed E-state index contributed by atoms with van der Waals surface area (Å²) in [5.41, 5.74) is 2.49. The summed E-state index contributed by atoms with van der Waals surface area (Å²) in [5.74, 6) is 0.200. The third-order valence-electron chi connectivity index (χ3n) is 4.05.